The molecule has 0 spiro atoms. The molecule has 1 saturated heterocycles. The van der Waals surface area contributed by atoms with Crippen molar-refractivity contribution in [2.75, 3.05) is 12.4 Å². The number of carbonyl (C=O) groups excluding carboxylic acids is 3. The Morgan fingerprint density at radius 1 is 1.21 bits per heavy atom. The summed E-state index contributed by atoms with van der Waals surface area (Å²) in [5.74, 6) is 0.377. The Morgan fingerprint density at radius 2 is 2.03 bits per heavy atom. The van der Waals surface area contributed by atoms with Crippen molar-refractivity contribution >= 4 is 45.9 Å². The molecule has 2 aliphatic rings. The lowest BCUT2D eigenvalue weighted by Gasteiger charge is -2.34. The van der Waals surface area contributed by atoms with Crippen molar-refractivity contribution in [2.24, 2.45) is 5.92 Å². The molecule has 5 rings (SSSR count). The number of pyridine rings is 1. The number of piperidine rings is 1. The van der Waals surface area contributed by atoms with Crippen molar-refractivity contribution in [3.8, 4) is 5.75 Å². The number of fused-ring (bicyclic) bond motifs is 3. The average Bonchev–Trinajstić information content (AvgIpc) is 3.52. The van der Waals surface area contributed by atoms with Crippen LogP contribution in [0, 0.1) is 5.92 Å². The number of anilines is 1. The van der Waals surface area contributed by atoms with Gasteiger partial charge >= 0.3 is 0 Å². The number of aromatic nitrogens is 3. The first kappa shape index (κ1) is 22.3. The minimum atomic E-state index is -0.582. The van der Waals surface area contributed by atoms with Crippen LogP contribution in [0.3, 0.4) is 0 Å². The molecule has 9 nitrogen and oxygen atoms in total. The molecular formula is C24H24ClN5O4. The predicted octanol–water partition coefficient (Wildman–Crippen LogP) is 3.31. The molecule has 34 heavy (non-hydrogen) atoms. The smallest absolute Gasteiger partial charge is 0.248 e. The number of hydrogen-bond acceptors (Lipinski definition) is 6. The fraction of sp³-hybridized carbons (Fsp3) is 0.375. The number of halogens is 1. The van der Waals surface area contributed by atoms with E-state index >= 15 is 0 Å². The number of nitrogens with zero attached hydrogens (tertiary/aromatic N) is 4. The maximum Gasteiger partial charge on any atom is 0.248 e. The van der Waals surface area contributed by atoms with Crippen LogP contribution in [0.4, 0.5) is 5.82 Å². The fourth-order valence-corrected chi connectivity index (χ4v) is 5.40. The third kappa shape index (κ3) is 3.90. The van der Waals surface area contributed by atoms with E-state index in [1.54, 1.807) is 48.4 Å². The van der Waals surface area contributed by atoms with Crippen molar-refractivity contribution in [1.82, 2.24) is 19.7 Å². The summed E-state index contributed by atoms with van der Waals surface area (Å²) in [4.78, 5) is 44.7. The lowest BCUT2D eigenvalue weighted by atomic mass is 9.97. The van der Waals surface area contributed by atoms with E-state index < -0.39 is 6.04 Å². The second kappa shape index (κ2) is 8.72. The Balaban J connectivity index is 1.42. The van der Waals surface area contributed by atoms with Crippen LogP contribution in [0.25, 0.3) is 10.9 Å². The lowest BCUT2D eigenvalue weighted by Crippen LogP contribution is -2.52. The lowest BCUT2D eigenvalue weighted by molar-refractivity contribution is -0.141. The van der Waals surface area contributed by atoms with Crippen molar-refractivity contribution in [3.05, 3.63) is 47.2 Å². The number of Topliss-reactive ketones (excluding diaryl/α,β-unsaturated/α-hetero) is 1. The number of hydrogen-bond donors (Lipinski definition) is 1. The summed E-state index contributed by atoms with van der Waals surface area (Å²) in [5, 5.41) is 8.14. The maximum absolute atomic E-state index is 13.5. The second-order valence-electron chi connectivity index (χ2n) is 8.75. The number of nitrogens with one attached hydrogen (secondary N) is 1. The normalized spacial score (nSPS) is 21.1. The summed E-state index contributed by atoms with van der Waals surface area (Å²) < 4.78 is 6.81. The number of methoxy groups -OCH3 is 1. The molecule has 3 atom stereocenters. The van der Waals surface area contributed by atoms with E-state index in [0.29, 0.717) is 22.5 Å². The van der Waals surface area contributed by atoms with Crippen LogP contribution in [0.1, 0.15) is 36.7 Å². The van der Waals surface area contributed by atoms with Gasteiger partial charge in [0, 0.05) is 18.4 Å². The van der Waals surface area contributed by atoms with Gasteiger partial charge in [-0.1, -0.05) is 17.7 Å². The molecular weight excluding hydrogens is 458 g/mol. The zero-order chi connectivity index (χ0) is 24.0. The van der Waals surface area contributed by atoms with E-state index in [-0.39, 0.29) is 46.9 Å². The summed E-state index contributed by atoms with van der Waals surface area (Å²) in [7, 11) is 1.55. The third-order valence-corrected chi connectivity index (χ3v) is 6.89. The Kier molecular flexibility index (Phi) is 5.73. The van der Waals surface area contributed by atoms with Gasteiger partial charge in [0.25, 0.3) is 0 Å². The Bertz CT molecular complexity index is 1310. The minimum Gasteiger partial charge on any atom is -0.497 e. The predicted molar refractivity (Wildman–Crippen MR) is 126 cm³/mol. The highest BCUT2D eigenvalue weighted by atomic mass is 35.5. The van der Waals surface area contributed by atoms with Crippen LogP contribution >= 0.6 is 11.6 Å². The molecule has 0 unspecified atom stereocenters. The van der Waals surface area contributed by atoms with E-state index in [9.17, 15) is 14.4 Å². The minimum absolute atomic E-state index is 0.00904. The van der Waals surface area contributed by atoms with Crippen molar-refractivity contribution in [3.63, 3.8) is 0 Å². The first-order valence-electron chi connectivity index (χ1n) is 11.2. The van der Waals surface area contributed by atoms with Gasteiger partial charge in [0.15, 0.2) is 5.78 Å². The Labute approximate surface area is 201 Å². The van der Waals surface area contributed by atoms with E-state index in [4.69, 9.17) is 16.3 Å². The van der Waals surface area contributed by atoms with Gasteiger partial charge in [-0.2, -0.15) is 5.10 Å². The summed E-state index contributed by atoms with van der Waals surface area (Å²) in [6.45, 7) is 1.37. The van der Waals surface area contributed by atoms with Crippen LogP contribution in [-0.4, -0.2) is 56.5 Å². The standard InChI is InChI=1S/C24H24ClN5O4/c1-13(31)22-17-11-16(34-2)8-9-18(17)29(28-22)12-21(32)30-15-7-6-14(10-15)23(30)24(33)27-20-5-3-4-19(25)26-20/h3-5,8-9,11,14-15,23H,6-7,10,12H2,1-2H3,(H,26,27,33)/t14-,15+,23-/m0/s1. The highest BCUT2D eigenvalue weighted by Gasteiger charge is 2.51. The van der Waals surface area contributed by atoms with E-state index in [2.05, 4.69) is 15.4 Å². The molecule has 176 valence electrons. The number of likely N-dealkylation sites (tertiary alicyclic amines) is 1. The highest BCUT2D eigenvalue weighted by Crippen LogP contribution is 2.43. The zero-order valence-electron chi connectivity index (χ0n) is 18.8. The molecule has 1 saturated carbocycles. The molecule has 10 heteroatoms. The summed E-state index contributed by atoms with van der Waals surface area (Å²) in [6.07, 6.45) is 2.56. The molecule has 2 amide bonds. The molecule has 1 aliphatic carbocycles. The number of benzene rings is 1. The third-order valence-electron chi connectivity index (χ3n) is 6.68. The van der Waals surface area contributed by atoms with Crippen LogP contribution in [0.2, 0.25) is 5.15 Å². The molecule has 2 fully saturated rings. The quantitative estimate of drug-likeness (QED) is 0.427. The van der Waals surface area contributed by atoms with Crippen LogP contribution in [0.5, 0.6) is 5.75 Å². The summed E-state index contributed by atoms with van der Waals surface area (Å²) in [5.41, 5.74) is 0.943. The molecule has 0 radical (unpaired) electrons. The van der Waals surface area contributed by atoms with Gasteiger partial charge in [0.05, 0.1) is 12.6 Å². The molecule has 2 aromatic heterocycles. The SMILES string of the molecule is COc1ccc2c(c1)c(C(C)=O)nn2CC(=O)N1[C@@H]2CC[C@@H](C2)[C@H]1C(=O)Nc1cccc(Cl)n1. The molecule has 3 heterocycles. The van der Waals surface area contributed by atoms with Gasteiger partial charge in [-0.05, 0) is 55.5 Å². The first-order valence-corrected chi connectivity index (χ1v) is 11.5. The van der Waals surface area contributed by atoms with Gasteiger partial charge in [-0.15, -0.1) is 0 Å². The zero-order valence-corrected chi connectivity index (χ0v) is 19.6. The number of ether oxygens (including phenoxy) is 1. The van der Waals surface area contributed by atoms with Gasteiger partial charge in [0.2, 0.25) is 11.8 Å². The Morgan fingerprint density at radius 3 is 2.76 bits per heavy atom. The van der Waals surface area contributed by atoms with E-state index in [1.807, 2.05) is 0 Å². The van der Waals surface area contributed by atoms with Crippen molar-refractivity contribution in [2.45, 2.75) is 44.8 Å². The number of ketones is 1. The van der Waals surface area contributed by atoms with Gasteiger partial charge < -0.3 is 15.0 Å². The first-order chi connectivity index (χ1) is 16.4. The Hall–Kier alpha value is -3.46. The van der Waals surface area contributed by atoms with E-state index in [0.717, 1.165) is 19.3 Å². The van der Waals surface area contributed by atoms with Crippen LogP contribution in [-0.2, 0) is 16.1 Å². The maximum atomic E-state index is 13.5. The molecule has 1 aromatic carbocycles. The molecule has 2 bridgehead atoms. The van der Waals surface area contributed by atoms with Crippen LogP contribution in [0.15, 0.2) is 36.4 Å². The van der Waals surface area contributed by atoms with Gasteiger partial charge in [-0.25, -0.2) is 4.98 Å². The largest absolute Gasteiger partial charge is 0.497 e. The average molecular weight is 482 g/mol. The molecule has 3 aromatic rings. The van der Waals surface area contributed by atoms with Gasteiger partial charge in [0.1, 0.15) is 35.0 Å². The summed E-state index contributed by atoms with van der Waals surface area (Å²) >= 11 is 5.94. The second-order valence-corrected chi connectivity index (χ2v) is 9.14. The van der Waals surface area contributed by atoms with Crippen molar-refractivity contribution < 1.29 is 19.1 Å². The number of carbonyl (C=O) groups is 3. The number of amides is 2. The van der Waals surface area contributed by atoms with Crippen molar-refractivity contribution in [1.29, 1.82) is 0 Å². The van der Waals surface area contributed by atoms with E-state index in [1.165, 1.54) is 11.6 Å². The van der Waals surface area contributed by atoms with Gasteiger partial charge in [-0.3, -0.25) is 19.1 Å². The number of rotatable bonds is 6. The fourth-order valence-electron chi connectivity index (χ4n) is 5.24. The molecule has 1 N–H and O–H groups in total. The van der Waals surface area contributed by atoms with Crippen LogP contribution < -0.4 is 10.1 Å². The highest BCUT2D eigenvalue weighted by molar-refractivity contribution is 6.29. The topological polar surface area (TPSA) is 106 Å². The summed E-state index contributed by atoms with van der Waals surface area (Å²) in [6, 6.07) is 9.72. The molecule has 1 aliphatic heterocycles. The monoisotopic (exact) mass is 481 g/mol.